The predicted octanol–water partition coefficient (Wildman–Crippen LogP) is 4.34. The molecule has 0 unspecified atom stereocenters. The summed E-state index contributed by atoms with van der Waals surface area (Å²) in [6, 6.07) is 22.9. The Labute approximate surface area is 132 Å². The van der Waals surface area contributed by atoms with Crippen molar-refractivity contribution in [3.63, 3.8) is 0 Å². The van der Waals surface area contributed by atoms with Gasteiger partial charge in [-0.05, 0) is 30.3 Å². The van der Waals surface area contributed by atoms with Crippen LogP contribution in [0.4, 0.5) is 0 Å². The smallest absolute Gasteiger partial charge is 0.115 e. The van der Waals surface area contributed by atoms with Gasteiger partial charge < -0.3 is 4.57 Å². The molecule has 0 fully saturated rings. The molecule has 4 rings (SSSR count). The van der Waals surface area contributed by atoms with Crippen LogP contribution in [0.1, 0.15) is 0 Å². The lowest BCUT2D eigenvalue weighted by Gasteiger charge is -2.08. The van der Waals surface area contributed by atoms with E-state index in [1.54, 1.807) is 0 Å². The number of nitrogens with zero attached hydrogens (tertiary/aromatic N) is 1. The molecule has 3 aromatic carbocycles. The van der Waals surface area contributed by atoms with Crippen LogP contribution in [0.5, 0.6) is 0 Å². The number of hydrogen-bond acceptors (Lipinski definition) is 0. The summed E-state index contributed by atoms with van der Waals surface area (Å²) in [6.07, 6.45) is 0. The number of benzene rings is 3. The average Bonchev–Trinajstić information content (AvgIpc) is 2.82. The van der Waals surface area contributed by atoms with Crippen LogP contribution in [0.25, 0.3) is 27.5 Å². The third kappa shape index (κ3) is 1.92. The van der Waals surface area contributed by atoms with Gasteiger partial charge >= 0.3 is 0 Å². The summed E-state index contributed by atoms with van der Waals surface area (Å²) in [7, 11) is 6.09. The van der Waals surface area contributed by atoms with E-state index in [4.69, 9.17) is 7.85 Å². The summed E-state index contributed by atoms with van der Waals surface area (Å²) in [4.78, 5) is 0. The fourth-order valence-electron chi connectivity index (χ4n) is 2.86. The summed E-state index contributed by atoms with van der Waals surface area (Å²) in [5.41, 5.74) is 4.22. The van der Waals surface area contributed by atoms with Crippen LogP contribution < -0.4 is 5.46 Å². The van der Waals surface area contributed by atoms with Crippen molar-refractivity contribution in [2.45, 2.75) is 0 Å². The Balaban J connectivity index is 2.24. The molecule has 21 heavy (non-hydrogen) atoms. The van der Waals surface area contributed by atoms with Gasteiger partial charge in [0.05, 0.1) is 11.0 Å². The third-order valence-corrected chi connectivity index (χ3v) is 4.49. The maximum Gasteiger partial charge on any atom is 0.115 e. The van der Waals surface area contributed by atoms with Crippen LogP contribution in [0, 0.1) is 0 Å². The van der Waals surface area contributed by atoms with Gasteiger partial charge in [0, 0.05) is 20.9 Å². The predicted molar refractivity (Wildman–Crippen MR) is 93.9 cm³/mol. The Hall–Kier alpha value is -2.00. The van der Waals surface area contributed by atoms with Crippen molar-refractivity contribution >= 4 is 51.0 Å². The summed E-state index contributed by atoms with van der Waals surface area (Å²) in [5.74, 6) is 0. The molecule has 2 radical (unpaired) electrons. The van der Waals surface area contributed by atoms with E-state index in [9.17, 15) is 0 Å². The molecule has 0 atom stereocenters. The Bertz CT molecular complexity index is 957. The number of halogens is 1. The molecule has 98 valence electrons. The fourth-order valence-corrected chi connectivity index (χ4v) is 3.20. The van der Waals surface area contributed by atoms with Gasteiger partial charge in [0.2, 0.25) is 0 Å². The first-order chi connectivity index (χ1) is 10.3. The minimum atomic E-state index is 0.752. The van der Waals surface area contributed by atoms with E-state index < -0.39 is 0 Å². The number of para-hydroxylation sites is 2. The number of aromatic nitrogens is 1. The van der Waals surface area contributed by atoms with E-state index in [0.717, 1.165) is 21.1 Å². The molecular weight excluding hydrogens is 321 g/mol. The SMILES string of the molecule is [B]c1cc2c(cc1Br)c1ccccc1n2-c1ccccc1. The first-order valence-electron chi connectivity index (χ1n) is 6.79. The molecule has 4 aromatic rings. The number of hydrogen-bond donors (Lipinski definition) is 0. The second kappa shape index (κ2) is 4.78. The van der Waals surface area contributed by atoms with Crippen molar-refractivity contribution in [2.24, 2.45) is 0 Å². The van der Waals surface area contributed by atoms with Gasteiger partial charge in [0.1, 0.15) is 7.85 Å². The van der Waals surface area contributed by atoms with Crippen LogP contribution in [0.3, 0.4) is 0 Å². The molecule has 0 saturated carbocycles. The lowest BCUT2D eigenvalue weighted by molar-refractivity contribution is 1.18. The molecule has 3 heteroatoms. The first-order valence-corrected chi connectivity index (χ1v) is 7.58. The van der Waals surface area contributed by atoms with Crippen molar-refractivity contribution in [1.29, 1.82) is 0 Å². The van der Waals surface area contributed by atoms with E-state index in [1.807, 2.05) is 12.1 Å². The summed E-state index contributed by atoms with van der Waals surface area (Å²) in [6.45, 7) is 0. The molecule has 1 nitrogen and oxygen atoms in total. The van der Waals surface area contributed by atoms with Crippen molar-refractivity contribution < 1.29 is 0 Å². The van der Waals surface area contributed by atoms with Gasteiger partial charge in [-0.25, -0.2) is 0 Å². The maximum atomic E-state index is 6.09. The monoisotopic (exact) mass is 331 g/mol. The van der Waals surface area contributed by atoms with Gasteiger partial charge in [0.25, 0.3) is 0 Å². The molecule has 0 saturated heterocycles. The minimum absolute atomic E-state index is 0.752. The van der Waals surface area contributed by atoms with Gasteiger partial charge in [-0.3, -0.25) is 0 Å². The number of rotatable bonds is 1. The highest BCUT2D eigenvalue weighted by atomic mass is 79.9. The fraction of sp³-hybridized carbons (Fsp3) is 0. The molecule has 0 amide bonds. The zero-order valence-corrected chi connectivity index (χ0v) is 12.8. The Morgan fingerprint density at radius 2 is 1.48 bits per heavy atom. The molecule has 0 aliphatic carbocycles. The Kier molecular flexibility index (Phi) is 2.90. The molecule has 0 spiro atoms. The largest absolute Gasteiger partial charge is 0.309 e. The highest BCUT2D eigenvalue weighted by Crippen LogP contribution is 2.32. The van der Waals surface area contributed by atoms with Crippen LogP contribution >= 0.6 is 15.9 Å². The van der Waals surface area contributed by atoms with E-state index in [2.05, 4.69) is 75.1 Å². The van der Waals surface area contributed by atoms with E-state index in [0.29, 0.717) is 0 Å². The van der Waals surface area contributed by atoms with E-state index in [-0.39, 0.29) is 0 Å². The van der Waals surface area contributed by atoms with Crippen LogP contribution in [-0.2, 0) is 0 Å². The first kappa shape index (κ1) is 12.7. The summed E-state index contributed by atoms with van der Waals surface area (Å²) < 4.78 is 3.19. The minimum Gasteiger partial charge on any atom is -0.309 e. The van der Waals surface area contributed by atoms with Gasteiger partial charge in [-0.15, -0.1) is 0 Å². The molecule has 0 aliphatic heterocycles. The van der Waals surface area contributed by atoms with Crippen LogP contribution in [-0.4, -0.2) is 12.4 Å². The van der Waals surface area contributed by atoms with Crippen LogP contribution in [0.15, 0.2) is 71.2 Å². The Morgan fingerprint density at radius 3 is 2.29 bits per heavy atom. The van der Waals surface area contributed by atoms with Crippen LogP contribution in [0.2, 0.25) is 0 Å². The standard InChI is InChI=1S/C18H11BBrN/c19-15-11-18-14(10-16(15)20)13-8-4-5-9-17(13)21(18)12-6-2-1-3-7-12/h1-11H. The lowest BCUT2D eigenvalue weighted by atomic mass is 9.95. The van der Waals surface area contributed by atoms with Gasteiger partial charge in [0.15, 0.2) is 0 Å². The maximum absolute atomic E-state index is 6.09. The average molecular weight is 332 g/mol. The van der Waals surface area contributed by atoms with Crippen molar-refractivity contribution in [3.05, 3.63) is 71.2 Å². The Morgan fingerprint density at radius 1 is 0.762 bits per heavy atom. The van der Waals surface area contributed by atoms with E-state index >= 15 is 0 Å². The topological polar surface area (TPSA) is 4.93 Å². The van der Waals surface area contributed by atoms with E-state index in [1.165, 1.54) is 16.3 Å². The highest BCUT2D eigenvalue weighted by molar-refractivity contribution is 9.10. The zero-order valence-electron chi connectivity index (χ0n) is 11.3. The molecule has 1 aromatic heterocycles. The summed E-state index contributed by atoms with van der Waals surface area (Å²) >= 11 is 3.53. The molecule has 0 aliphatic rings. The molecule has 1 heterocycles. The van der Waals surface area contributed by atoms with Gasteiger partial charge in [-0.2, -0.15) is 0 Å². The summed E-state index contributed by atoms with van der Waals surface area (Å²) in [5, 5.41) is 2.44. The molecule has 0 N–H and O–H groups in total. The van der Waals surface area contributed by atoms with Gasteiger partial charge in [-0.1, -0.05) is 57.8 Å². The zero-order chi connectivity index (χ0) is 14.4. The normalized spacial score (nSPS) is 11.3. The van der Waals surface area contributed by atoms with Crippen molar-refractivity contribution in [2.75, 3.05) is 0 Å². The van der Waals surface area contributed by atoms with Crippen molar-refractivity contribution in [3.8, 4) is 5.69 Å². The quantitative estimate of drug-likeness (QED) is 0.457. The lowest BCUT2D eigenvalue weighted by Crippen LogP contribution is -2.04. The molecular formula is C18H11BBrN. The number of fused-ring (bicyclic) bond motifs is 3. The second-order valence-electron chi connectivity index (χ2n) is 5.08. The third-order valence-electron chi connectivity index (χ3n) is 3.81. The second-order valence-corrected chi connectivity index (χ2v) is 5.93. The molecule has 0 bridgehead atoms. The van der Waals surface area contributed by atoms with Crippen molar-refractivity contribution in [1.82, 2.24) is 4.57 Å². The highest BCUT2D eigenvalue weighted by Gasteiger charge is 2.12.